The highest BCUT2D eigenvalue weighted by atomic mass is 32.1. The van der Waals surface area contributed by atoms with E-state index in [0.29, 0.717) is 17.5 Å². The smallest absolute Gasteiger partial charge is 0.165 e. The summed E-state index contributed by atoms with van der Waals surface area (Å²) in [6, 6.07) is 70.4. The lowest BCUT2D eigenvalue weighted by atomic mass is 9.80. The molecule has 0 spiro atoms. The van der Waals surface area contributed by atoms with Crippen molar-refractivity contribution >= 4 is 31.5 Å². The second kappa shape index (κ2) is 14.1. The van der Waals surface area contributed by atoms with E-state index in [9.17, 15) is 0 Å². The Morgan fingerprint density at radius 3 is 1.09 bits per heavy atom. The predicted octanol–water partition coefficient (Wildman–Crippen LogP) is 13.9. The molecule has 0 aliphatic heterocycles. The van der Waals surface area contributed by atoms with E-state index < -0.39 is 0 Å². The van der Waals surface area contributed by atoms with Gasteiger partial charge < -0.3 is 0 Å². The zero-order chi connectivity index (χ0) is 36.6. The second-order valence-electron chi connectivity index (χ2n) is 13.5. The minimum atomic E-state index is 0.648. The molecule has 0 atom stereocenters. The van der Waals surface area contributed by atoms with Crippen LogP contribution in [0.4, 0.5) is 0 Å². The number of benzene rings is 8. The summed E-state index contributed by atoms with van der Waals surface area (Å²) in [4.78, 5) is 15.4. The van der Waals surface area contributed by atoms with Gasteiger partial charge in [-0.15, -0.1) is 11.3 Å². The van der Waals surface area contributed by atoms with Gasteiger partial charge in [-0.25, -0.2) is 15.0 Å². The van der Waals surface area contributed by atoms with E-state index in [1.807, 2.05) is 47.7 Å². The molecule has 0 saturated heterocycles. The SMILES string of the molecule is c1ccc(-c2nc(-c3ccccc3)nc(-c3cccc4c3sc3c(-c5ccccc5)c(-c5ccccc5)c(-c5ccccc5)c(-c5ccccc5)c34)n2)cc1. The van der Waals surface area contributed by atoms with E-state index in [4.69, 9.17) is 15.0 Å². The Balaban J connectivity index is 1.38. The predicted molar refractivity (Wildman–Crippen MR) is 231 cm³/mol. The molecule has 2 aromatic heterocycles. The molecule has 0 aliphatic carbocycles. The van der Waals surface area contributed by atoms with Crippen molar-refractivity contribution < 1.29 is 0 Å². The highest BCUT2D eigenvalue weighted by Gasteiger charge is 2.27. The number of hydrogen-bond donors (Lipinski definition) is 0. The van der Waals surface area contributed by atoms with Gasteiger partial charge in [-0.1, -0.05) is 194 Å². The van der Waals surface area contributed by atoms with Gasteiger partial charge in [0.25, 0.3) is 0 Å². The van der Waals surface area contributed by atoms with Crippen LogP contribution in [-0.4, -0.2) is 15.0 Å². The topological polar surface area (TPSA) is 38.7 Å². The minimum absolute atomic E-state index is 0.648. The first-order chi connectivity index (χ1) is 27.3. The Morgan fingerprint density at radius 1 is 0.273 bits per heavy atom. The van der Waals surface area contributed by atoms with E-state index >= 15 is 0 Å². The molecule has 0 saturated carbocycles. The summed E-state index contributed by atoms with van der Waals surface area (Å²) in [7, 11) is 0. The third-order valence-electron chi connectivity index (χ3n) is 10.1. The Kier molecular flexibility index (Phi) is 8.36. The van der Waals surface area contributed by atoms with E-state index in [1.54, 1.807) is 0 Å². The lowest BCUT2D eigenvalue weighted by molar-refractivity contribution is 1.08. The lowest BCUT2D eigenvalue weighted by Crippen LogP contribution is -2.00. The molecule has 55 heavy (non-hydrogen) atoms. The summed E-state index contributed by atoms with van der Waals surface area (Å²) in [6.45, 7) is 0. The number of rotatable bonds is 7. The van der Waals surface area contributed by atoms with E-state index in [2.05, 4.69) is 164 Å². The zero-order valence-corrected chi connectivity index (χ0v) is 30.6. The largest absolute Gasteiger partial charge is 0.208 e. The molecule has 0 aliphatic rings. The van der Waals surface area contributed by atoms with Gasteiger partial charge in [-0.2, -0.15) is 0 Å². The number of thiophene rings is 1. The first-order valence-corrected chi connectivity index (χ1v) is 19.3. The van der Waals surface area contributed by atoms with Crippen molar-refractivity contribution in [2.45, 2.75) is 0 Å². The molecular formula is C51H33N3S. The van der Waals surface area contributed by atoms with Crippen molar-refractivity contribution in [1.82, 2.24) is 15.0 Å². The molecule has 0 N–H and O–H groups in total. The van der Waals surface area contributed by atoms with Crippen LogP contribution in [0.15, 0.2) is 200 Å². The fourth-order valence-corrected chi connectivity index (χ4v) is 9.09. The first-order valence-electron chi connectivity index (χ1n) is 18.5. The Labute approximate surface area is 323 Å². The normalized spacial score (nSPS) is 11.3. The van der Waals surface area contributed by atoms with Crippen LogP contribution in [0, 0.1) is 0 Å². The molecule has 3 nitrogen and oxygen atoms in total. The van der Waals surface area contributed by atoms with Crippen molar-refractivity contribution in [1.29, 1.82) is 0 Å². The summed E-state index contributed by atoms with van der Waals surface area (Å²) < 4.78 is 2.37. The highest BCUT2D eigenvalue weighted by molar-refractivity contribution is 7.27. The molecule has 10 rings (SSSR count). The molecule has 4 heteroatoms. The lowest BCUT2D eigenvalue weighted by Gasteiger charge is -2.23. The van der Waals surface area contributed by atoms with Crippen molar-refractivity contribution in [2.75, 3.05) is 0 Å². The highest BCUT2D eigenvalue weighted by Crippen LogP contribution is 2.55. The summed E-state index contributed by atoms with van der Waals surface area (Å²) in [5.74, 6) is 1.95. The fraction of sp³-hybridized carbons (Fsp3) is 0. The van der Waals surface area contributed by atoms with Crippen LogP contribution < -0.4 is 0 Å². The molecule has 0 unspecified atom stereocenters. The molecule has 0 amide bonds. The van der Waals surface area contributed by atoms with E-state index in [-0.39, 0.29) is 0 Å². The van der Waals surface area contributed by atoms with Crippen LogP contribution in [0.5, 0.6) is 0 Å². The molecule has 2 heterocycles. The summed E-state index contributed by atoms with van der Waals surface area (Å²) in [5, 5.41) is 2.40. The zero-order valence-electron chi connectivity index (χ0n) is 29.8. The van der Waals surface area contributed by atoms with Gasteiger partial charge in [0, 0.05) is 42.4 Å². The van der Waals surface area contributed by atoms with Gasteiger partial charge in [0.05, 0.1) is 0 Å². The fourth-order valence-electron chi connectivity index (χ4n) is 7.70. The standard InChI is InChI=1S/C51H33N3S/c1-7-20-34(21-8-1)42-43(35-22-9-2-10-23-35)45(37-26-13-4-14-27-37)48-46(44(42)36-24-11-3-12-25-36)40-32-19-33-41(47(40)55-48)51-53-49(38-28-15-5-16-29-38)52-50(54-51)39-30-17-6-18-31-39/h1-33H. The van der Waals surface area contributed by atoms with Crippen LogP contribution in [0.3, 0.4) is 0 Å². The van der Waals surface area contributed by atoms with Crippen LogP contribution >= 0.6 is 11.3 Å². The summed E-state index contributed by atoms with van der Waals surface area (Å²) in [5.41, 5.74) is 12.4. The van der Waals surface area contributed by atoms with Crippen LogP contribution in [0.2, 0.25) is 0 Å². The van der Waals surface area contributed by atoms with Gasteiger partial charge in [-0.05, 0) is 45.0 Å². The maximum atomic E-state index is 5.20. The average molecular weight is 720 g/mol. The van der Waals surface area contributed by atoms with Crippen LogP contribution in [0.25, 0.3) is 98.8 Å². The van der Waals surface area contributed by atoms with Crippen molar-refractivity contribution in [3.05, 3.63) is 200 Å². The Bertz CT molecular complexity index is 2870. The molecule has 258 valence electrons. The summed E-state index contributed by atoms with van der Waals surface area (Å²) in [6.07, 6.45) is 0. The molecule has 8 aromatic carbocycles. The number of hydrogen-bond acceptors (Lipinski definition) is 4. The average Bonchev–Trinajstić information content (AvgIpc) is 3.66. The number of aromatic nitrogens is 3. The number of nitrogens with zero attached hydrogens (tertiary/aromatic N) is 3. The quantitative estimate of drug-likeness (QED) is 0.165. The first kappa shape index (κ1) is 32.6. The monoisotopic (exact) mass is 719 g/mol. The van der Waals surface area contributed by atoms with Gasteiger partial charge in [0.15, 0.2) is 17.5 Å². The van der Waals surface area contributed by atoms with Crippen molar-refractivity contribution in [2.24, 2.45) is 0 Å². The molecule has 0 radical (unpaired) electrons. The molecule has 0 bridgehead atoms. The number of fused-ring (bicyclic) bond motifs is 3. The van der Waals surface area contributed by atoms with E-state index in [0.717, 1.165) is 21.4 Å². The molecular weight excluding hydrogens is 687 g/mol. The van der Waals surface area contributed by atoms with E-state index in [1.165, 1.54) is 60.0 Å². The van der Waals surface area contributed by atoms with Gasteiger partial charge >= 0.3 is 0 Å². The van der Waals surface area contributed by atoms with Crippen molar-refractivity contribution in [3.8, 4) is 78.7 Å². The maximum absolute atomic E-state index is 5.20. The van der Waals surface area contributed by atoms with Gasteiger partial charge in [0.1, 0.15) is 0 Å². The Morgan fingerprint density at radius 2 is 0.636 bits per heavy atom. The third-order valence-corrected chi connectivity index (χ3v) is 11.4. The molecule has 10 aromatic rings. The second-order valence-corrected chi connectivity index (χ2v) is 14.5. The van der Waals surface area contributed by atoms with Crippen molar-refractivity contribution in [3.63, 3.8) is 0 Å². The van der Waals surface area contributed by atoms with Crippen LogP contribution in [-0.2, 0) is 0 Å². The minimum Gasteiger partial charge on any atom is -0.208 e. The molecule has 0 fully saturated rings. The Hall–Kier alpha value is -7.01. The van der Waals surface area contributed by atoms with Gasteiger partial charge in [0.2, 0.25) is 0 Å². The van der Waals surface area contributed by atoms with Crippen LogP contribution in [0.1, 0.15) is 0 Å². The van der Waals surface area contributed by atoms with Gasteiger partial charge in [-0.3, -0.25) is 0 Å². The summed E-state index contributed by atoms with van der Waals surface area (Å²) >= 11 is 1.83. The third kappa shape index (κ3) is 5.90. The maximum Gasteiger partial charge on any atom is 0.165 e.